The number of esters is 1. The summed E-state index contributed by atoms with van der Waals surface area (Å²) in [5.74, 6) is 1.38. The molecule has 2 aliphatic rings. The summed E-state index contributed by atoms with van der Waals surface area (Å²) in [5.41, 5.74) is 0. The summed E-state index contributed by atoms with van der Waals surface area (Å²) in [6.07, 6.45) is 2.37. The molecule has 1 heterocycles. The van der Waals surface area contributed by atoms with E-state index >= 15 is 0 Å². The van der Waals surface area contributed by atoms with Gasteiger partial charge in [0.05, 0.1) is 5.92 Å². The number of rotatable bonds is 0. The van der Waals surface area contributed by atoms with Crippen LogP contribution in [-0.2, 0) is 9.53 Å². The first-order valence-electron chi connectivity index (χ1n) is 4.39. The van der Waals surface area contributed by atoms with Gasteiger partial charge in [0.2, 0.25) is 0 Å². The zero-order chi connectivity index (χ0) is 8.01. The third kappa shape index (κ3) is 0.959. The van der Waals surface area contributed by atoms with Crippen molar-refractivity contribution in [3.63, 3.8) is 0 Å². The molecule has 2 bridgehead atoms. The molecule has 2 fully saturated rings. The topological polar surface area (TPSA) is 26.3 Å². The van der Waals surface area contributed by atoms with Crippen molar-refractivity contribution in [1.29, 1.82) is 0 Å². The van der Waals surface area contributed by atoms with E-state index in [2.05, 4.69) is 13.8 Å². The highest BCUT2D eigenvalue weighted by atomic mass is 16.6. The van der Waals surface area contributed by atoms with E-state index in [9.17, 15) is 4.79 Å². The van der Waals surface area contributed by atoms with Crippen LogP contribution in [0, 0.1) is 17.8 Å². The molecule has 62 valence electrons. The van der Waals surface area contributed by atoms with Crippen LogP contribution >= 0.6 is 0 Å². The van der Waals surface area contributed by atoms with E-state index < -0.39 is 0 Å². The van der Waals surface area contributed by atoms with Crippen LogP contribution in [-0.4, -0.2) is 12.1 Å². The zero-order valence-corrected chi connectivity index (χ0v) is 7.04. The summed E-state index contributed by atoms with van der Waals surface area (Å²) in [7, 11) is 0. The molecule has 2 rings (SSSR count). The van der Waals surface area contributed by atoms with Gasteiger partial charge in [-0.05, 0) is 24.7 Å². The third-order valence-electron chi connectivity index (χ3n) is 3.12. The maximum Gasteiger partial charge on any atom is 0.309 e. The molecule has 2 nitrogen and oxygen atoms in total. The second-order valence-electron chi connectivity index (χ2n) is 4.01. The van der Waals surface area contributed by atoms with Crippen LogP contribution in [0.5, 0.6) is 0 Å². The summed E-state index contributed by atoms with van der Waals surface area (Å²) in [5, 5.41) is 0. The van der Waals surface area contributed by atoms with Crippen LogP contribution in [0.25, 0.3) is 0 Å². The Bertz CT molecular complexity index is 188. The normalized spacial score (nSPS) is 49.1. The first-order chi connectivity index (χ1) is 5.18. The summed E-state index contributed by atoms with van der Waals surface area (Å²) in [4.78, 5) is 11.2. The monoisotopic (exact) mass is 154 g/mol. The summed E-state index contributed by atoms with van der Waals surface area (Å²) in [6.45, 7) is 4.33. The van der Waals surface area contributed by atoms with Gasteiger partial charge in [0.15, 0.2) is 0 Å². The van der Waals surface area contributed by atoms with E-state index in [1.165, 1.54) is 0 Å². The summed E-state index contributed by atoms with van der Waals surface area (Å²) < 4.78 is 5.23. The molecule has 0 radical (unpaired) electrons. The summed E-state index contributed by atoms with van der Waals surface area (Å²) >= 11 is 0. The first kappa shape index (κ1) is 7.14. The molecular formula is C9H14O2. The van der Waals surface area contributed by atoms with Gasteiger partial charge in [-0.25, -0.2) is 0 Å². The van der Waals surface area contributed by atoms with E-state index in [0.717, 1.165) is 12.8 Å². The molecule has 4 atom stereocenters. The van der Waals surface area contributed by atoms with Crippen molar-refractivity contribution < 1.29 is 9.53 Å². The lowest BCUT2D eigenvalue weighted by molar-refractivity contribution is -0.144. The van der Waals surface area contributed by atoms with Crippen molar-refractivity contribution >= 4 is 5.97 Å². The van der Waals surface area contributed by atoms with Crippen molar-refractivity contribution in [1.82, 2.24) is 0 Å². The molecule has 2 heteroatoms. The molecule has 0 aromatic carbocycles. The van der Waals surface area contributed by atoms with Crippen molar-refractivity contribution in [2.75, 3.05) is 0 Å². The smallest absolute Gasteiger partial charge is 0.309 e. The molecule has 1 saturated heterocycles. The predicted molar refractivity (Wildman–Crippen MR) is 40.9 cm³/mol. The van der Waals surface area contributed by atoms with Gasteiger partial charge in [-0.2, -0.15) is 0 Å². The van der Waals surface area contributed by atoms with E-state index in [4.69, 9.17) is 4.74 Å². The molecule has 1 aliphatic carbocycles. The Morgan fingerprint density at radius 1 is 1.27 bits per heavy atom. The van der Waals surface area contributed by atoms with Crippen molar-refractivity contribution in [2.45, 2.75) is 32.8 Å². The lowest BCUT2D eigenvalue weighted by Gasteiger charge is -2.26. The van der Waals surface area contributed by atoms with Crippen molar-refractivity contribution in [3.8, 4) is 0 Å². The van der Waals surface area contributed by atoms with E-state index in [1.807, 2.05) is 0 Å². The molecular weight excluding hydrogens is 140 g/mol. The second-order valence-corrected chi connectivity index (χ2v) is 4.01. The first-order valence-corrected chi connectivity index (χ1v) is 4.39. The van der Waals surface area contributed by atoms with Crippen LogP contribution in [0.1, 0.15) is 26.7 Å². The van der Waals surface area contributed by atoms with Crippen LogP contribution in [0.2, 0.25) is 0 Å². The van der Waals surface area contributed by atoms with Gasteiger partial charge in [0.1, 0.15) is 6.10 Å². The van der Waals surface area contributed by atoms with Crippen LogP contribution < -0.4 is 0 Å². The number of ether oxygens (including phenoxy) is 1. The molecule has 0 N–H and O–H groups in total. The average Bonchev–Trinajstić information content (AvgIpc) is 2.26. The fourth-order valence-electron chi connectivity index (χ4n) is 2.35. The second kappa shape index (κ2) is 2.23. The number of carbonyl (C=O) groups is 1. The Labute approximate surface area is 66.9 Å². The minimum Gasteiger partial charge on any atom is -0.462 e. The predicted octanol–water partition coefficient (Wildman–Crippen LogP) is 1.59. The molecule has 11 heavy (non-hydrogen) atoms. The standard InChI is InChI=1S/C9H14O2/c1-5-3-6(2)8-4-7(5)9(10)11-8/h5-8H,3-4H2,1-2H3/t5-,6+,7-,8-/m1/s1. The third-order valence-corrected chi connectivity index (χ3v) is 3.12. The average molecular weight is 154 g/mol. The summed E-state index contributed by atoms with van der Waals surface area (Å²) in [6, 6.07) is 0. The number of carbonyl (C=O) groups excluding carboxylic acids is 1. The van der Waals surface area contributed by atoms with Gasteiger partial charge in [0.25, 0.3) is 0 Å². The van der Waals surface area contributed by atoms with Crippen molar-refractivity contribution in [3.05, 3.63) is 0 Å². The highest BCUT2D eigenvalue weighted by Gasteiger charge is 2.45. The minimum absolute atomic E-state index is 0.0480. The van der Waals surface area contributed by atoms with Gasteiger partial charge >= 0.3 is 5.97 Å². The Kier molecular flexibility index (Phi) is 1.44. The van der Waals surface area contributed by atoms with E-state index in [0.29, 0.717) is 11.8 Å². The number of hydrogen-bond donors (Lipinski definition) is 0. The minimum atomic E-state index is 0.0480. The molecule has 0 spiro atoms. The Balaban J connectivity index is 2.20. The lowest BCUT2D eigenvalue weighted by atomic mass is 9.76. The fourth-order valence-corrected chi connectivity index (χ4v) is 2.35. The van der Waals surface area contributed by atoms with Gasteiger partial charge < -0.3 is 4.74 Å². The van der Waals surface area contributed by atoms with E-state index in [-0.39, 0.29) is 18.0 Å². The molecule has 1 aliphatic heterocycles. The highest BCUT2D eigenvalue weighted by molar-refractivity contribution is 5.75. The molecule has 1 saturated carbocycles. The highest BCUT2D eigenvalue weighted by Crippen LogP contribution is 2.41. The van der Waals surface area contributed by atoms with Gasteiger partial charge in [-0.3, -0.25) is 4.79 Å². The Morgan fingerprint density at radius 2 is 2.00 bits per heavy atom. The zero-order valence-electron chi connectivity index (χ0n) is 7.04. The Hall–Kier alpha value is -0.530. The van der Waals surface area contributed by atoms with Gasteiger partial charge in [0, 0.05) is 0 Å². The van der Waals surface area contributed by atoms with Crippen LogP contribution in [0.15, 0.2) is 0 Å². The van der Waals surface area contributed by atoms with Crippen LogP contribution in [0.3, 0.4) is 0 Å². The SMILES string of the molecule is C[C@@H]1C[C@H](C)[C@H]2C[C@H]1C(=O)O2. The maximum absolute atomic E-state index is 11.2. The number of fused-ring (bicyclic) bond motifs is 2. The molecule has 0 aromatic heterocycles. The molecule has 0 unspecified atom stereocenters. The Morgan fingerprint density at radius 3 is 2.73 bits per heavy atom. The van der Waals surface area contributed by atoms with Crippen molar-refractivity contribution in [2.24, 2.45) is 17.8 Å². The van der Waals surface area contributed by atoms with Gasteiger partial charge in [-0.1, -0.05) is 13.8 Å². The van der Waals surface area contributed by atoms with Crippen LogP contribution in [0.4, 0.5) is 0 Å². The fraction of sp³-hybridized carbons (Fsp3) is 0.889. The number of hydrogen-bond acceptors (Lipinski definition) is 2. The van der Waals surface area contributed by atoms with E-state index in [1.54, 1.807) is 0 Å². The maximum atomic E-state index is 11.2. The molecule has 0 amide bonds. The lowest BCUT2D eigenvalue weighted by Crippen LogP contribution is -2.26. The quantitative estimate of drug-likeness (QED) is 0.495. The van der Waals surface area contributed by atoms with Gasteiger partial charge in [-0.15, -0.1) is 0 Å². The molecule has 0 aromatic rings. The largest absolute Gasteiger partial charge is 0.462 e.